The Balaban J connectivity index is 2.90. The van der Waals surface area contributed by atoms with Gasteiger partial charge in [0, 0.05) is 5.41 Å². The Morgan fingerprint density at radius 1 is 1.25 bits per heavy atom. The first-order chi connectivity index (χ1) is 7.54. The molecule has 0 aliphatic heterocycles. The third kappa shape index (κ3) is 1.69. The number of aromatic nitrogens is 2. The summed E-state index contributed by atoms with van der Waals surface area (Å²) in [4.78, 5) is 27.5. The van der Waals surface area contributed by atoms with Crippen LogP contribution in [0.25, 0.3) is 12.2 Å². The van der Waals surface area contributed by atoms with Gasteiger partial charge in [0.25, 0.3) is 0 Å². The first kappa shape index (κ1) is 10.4. The fourth-order valence-electron chi connectivity index (χ4n) is 1.58. The van der Waals surface area contributed by atoms with Gasteiger partial charge in [-0.15, -0.1) is 6.58 Å². The predicted octanol–water partition coefficient (Wildman–Crippen LogP) is -0.614. The van der Waals surface area contributed by atoms with Gasteiger partial charge in [-0.3, -0.25) is 9.59 Å². The van der Waals surface area contributed by atoms with Gasteiger partial charge >= 0.3 is 11.1 Å². The molecule has 0 amide bonds. The van der Waals surface area contributed by atoms with Gasteiger partial charge in [0.1, 0.15) is 0 Å². The van der Waals surface area contributed by atoms with Crippen LogP contribution >= 0.6 is 0 Å². The summed E-state index contributed by atoms with van der Waals surface area (Å²) in [5.74, 6) is 0. The van der Waals surface area contributed by atoms with Gasteiger partial charge in [-0.2, -0.15) is 0 Å². The second-order valence-corrected chi connectivity index (χ2v) is 3.98. The fraction of sp³-hybridized carbons (Fsp3) is 0.167. The van der Waals surface area contributed by atoms with Crippen LogP contribution in [0.15, 0.2) is 34.4 Å². The van der Waals surface area contributed by atoms with E-state index in [4.69, 9.17) is 0 Å². The second-order valence-electron chi connectivity index (χ2n) is 3.98. The molecule has 0 radical (unpaired) electrons. The van der Waals surface area contributed by atoms with Crippen LogP contribution in [0.2, 0.25) is 0 Å². The zero-order valence-electron chi connectivity index (χ0n) is 8.91. The minimum atomic E-state index is -0.642. The van der Waals surface area contributed by atoms with Crippen molar-refractivity contribution in [3.8, 4) is 0 Å². The van der Waals surface area contributed by atoms with Crippen LogP contribution in [0.3, 0.4) is 0 Å². The summed E-state index contributed by atoms with van der Waals surface area (Å²) in [6.45, 7) is 5.71. The molecule has 1 aromatic rings. The SMILES string of the molecule is C=CC1(C)C=CC=c2[nH]c(=O)c(=O)[nH]c2=C1. The number of rotatable bonds is 1. The van der Waals surface area contributed by atoms with E-state index in [-0.39, 0.29) is 5.41 Å². The van der Waals surface area contributed by atoms with E-state index in [1.165, 1.54) is 0 Å². The van der Waals surface area contributed by atoms with E-state index in [9.17, 15) is 9.59 Å². The lowest BCUT2D eigenvalue weighted by atomic mass is 9.90. The monoisotopic (exact) mass is 216 g/mol. The average Bonchev–Trinajstić information content (AvgIpc) is 2.39. The van der Waals surface area contributed by atoms with Crippen molar-refractivity contribution >= 4 is 12.2 Å². The van der Waals surface area contributed by atoms with Gasteiger partial charge in [0.05, 0.1) is 10.7 Å². The molecule has 4 nitrogen and oxygen atoms in total. The Labute approximate surface area is 91.3 Å². The molecule has 0 spiro atoms. The van der Waals surface area contributed by atoms with E-state index in [1.807, 2.05) is 25.2 Å². The molecule has 0 aromatic carbocycles. The number of allylic oxidation sites excluding steroid dienone is 3. The summed E-state index contributed by atoms with van der Waals surface area (Å²) in [5.41, 5.74) is -1.61. The lowest BCUT2D eigenvalue weighted by molar-refractivity contribution is 0.764. The summed E-state index contributed by atoms with van der Waals surface area (Å²) in [7, 11) is 0. The summed E-state index contributed by atoms with van der Waals surface area (Å²) < 4.78 is 0. The van der Waals surface area contributed by atoms with E-state index in [0.29, 0.717) is 10.7 Å². The van der Waals surface area contributed by atoms with Gasteiger partial charge in [-0.25, -0.2) is 0 Å². The lowest BCUT2D eigenvalue weighted by Crippen LogP contribution is -2.47. The van der Waals surface area contributed by atoms with Crippen molar-refractivity contribution in [2.75, 3.05) is 0 Å². The molecular weight excluding hydrogens is 204 g/mol. The Kier molecular flexibility index (Phi) is 2.27. The summed E-state index contributed by atoms with van der Waals surface area (Å²) in [6, 6.07) is 0. The highest BCUT2D eigenvalue weighted by Crippen LogP contribution is 2.21. The van der Waals surface area contributed by atoms with Crippen LogP contribution in [0.4, 0.5) is 0 Å². The fourth-order valence-corrected chi connectivity index (χ4v) is 1.58. The minimum Gasteiger partial charge on any atom is -0.316 e. The molecule has 0 saturated carbocycles. The molecule has 1 aromatic heterocycles. The molecule has 2 rings (SSSR count). The largest absolute Gasteiger partial charge is 0.316 e. The minimum absolute atomic E-state index is 0.330. The third-order valence-corrected chi connectivity index (χ3v) is 2.61. The first-order valence-corrected chi connectivity index (χ1v) is 4.93. The van der Waals surface area contributed by atoms with Crippen LogP contribution in [0.5, 0.6) is 0 Å². The van der Waals surface area contributed by atoms with Crippen molar-refractivity contribution < 1.29 is 0 Å². The summed E-state index contributed by atoms with van der Waals surface area (Å²) in [6.07, 6.45) is 9.15. The lowest BCUT2D eigenvalue weighted by Gasteiger charge is -2.14. The Hall–Kier alpha value is -2.10. The molecule has 0 fully saturated rings. The molecular formula is C12H12N2O2. The second kappa shape index (κ2) is 3.48. The van der Waals surface area contributed by atoms with E-state index in [0.717, 1.165) is 0 Å². The molecule has 1 aliphatic carbocycles. The Morgan fingerprint density at radius 2 is 1.88 bits per heavy atom. The predicted molar refractivity (Wildman–Crippen MR) is 63.3 cm³/mol. The van der Waals surface area contributed by atoms with Crippen LogP contribution in [0.1, 0.15) is 6.92 Å². The maximum absolute atomic E-state index is 11.2. The van der Waals surface area contributed by atoms with Crippen molar-refractivity contribution in [2.24, 2.45) is 5.41 Å². The average molecular weight is 216 g/mol. The van der Waals surface area contributed by atoms with Gasteiger partial charge in [0.15, 0.2) is 0 Å². The number of hydrogen-bond donors (Lipinski definition) is 2. The van der Waals surface area contributed by atoms with Crippen molar-refractivity contribution in [1.29, 1.82) is 0 Å². The van der Waals surface area contributed by atoms with Gasteiger partial charge in [-0.1, -0.05) is 18.2 Å². The highest BCUT2D eigenvalue weighted by atomic mass is 16.2. The van der Waals surface area contributed by atoms with Gasteiger partial charge < -0.3 is 9.97 Å². The molecule has 16 heavy (non-hydrogen) atoms. The molecule has 0 saturated heterocycles. The number of nitrogens with one attached hydrogen (secondary N) is 2. The van der Waals surface area contributed by atoms with E-state index in [1.54, 1.807) is 12.2 Å². The smallest absolute Gasteiger partial charge is 0.314 e. The molecule has 0 bridgehead atoms. The van der Waals surface area contributed by atoms with Crippen LogP contribution in [0, 0.1) is 5.41 Å². The van der Waals surface area contributed by atoms with Crippen LogP contribution < -0.4 is 21.8 Å². The molecule has 82 valence electrons. The van der Waals surface area contributed by atoms with Crippen molar-refractivity contribution in [3.05, 3.63) is 56.2 Å². The van der Waals surface area contributed by atoms with Crippen LogP contribution in [-0.4, -0.2) is 9.97 Å². The highest BCUT2D eigenvalue weighted by molar-refractivity contribution is 5.48. The Morgan fingerprint density at radius 3 is 2.50 bits per heavy atom. The van der Waals surface area contributed by atoms with Crippen molar-refractivity contribution in [3.63, 3.8) is 0 Å². The molecule has 4 heteroatoms. The maximum atomic E-state index is 11.2. The zero-order chi connectivity index (χ0) is 11.8. The van der Waals surface area contributed by atoms with Gasteiger partial charge in [0.2, 0.25) is 0 Å². The molecule has 1 heterocycles. The molecule has 2 N–H and O–H groups in total. The van der Waals surface area contributed by atoms with E-state index in [2.05, 4.69) is 16.5 Å². The molecule has 1 unspecified atom stereocenters. The normalized spacial score (nSPS) is 22.6. The van der Waals surface area contributed by atoms with E-state index < -0.39 is 11.1 Å². The number of fused-ring (bicyclic) bond motifs is 1. The molecule has 1 aliphatic rings. The number of aromatic amines is 2. The van der Waals surface area contributed by atoms with E-state index >= 15 is 0 Å². The first-order valence-electron chi connectivity index (χ1n) is 4.93. The van der Waals surface area contributed by atoms with Gasteiger partial charge in [-0.05, 0) is 19.1 Å². The molecule has 1 atom stereocenters. The maximum Gasteiger partial charge on any atom is 0.314 e. The highest BCUT2D eigenvalue weighted by Gasteiger charge is 2.13. The summed E-state index contributed by atoms with van der Waals surface area (Å²) in [5, 5.41) is 1.21. The summed E-state index contributed by atoms with van der Waals surface area (Å²) >= 11 is 0. The van der Waals surface area contributed by atoms with Crippen LogP contribution in [-0.2, 0) is 0 Å². The van der Waals surface area contributed by atoms with Crippen molar-refractivity contribution in [2.45, 2.75) is 6.92 Å². The zero-order valence-corrected chi connectivity index (χ0v) is 8.91. The number of H-pyrrole nitrogens is 2. The quantitative estimate of drug-likeness (QED) is 0.485. The number of hydrogen-bond acceptors (Lipinski definition) is 2. The third-order valence-electron chi connectivity index (χ3n) is 2.61. The topological polar surface area (TPSA) is 65.7 Å². The Bertz CT molecular complexity index is 691. The van der Waals surface area contributed by atoms with Crippen molar-refractivity contribution in [1.82, 2.24) is 9.97 Å². The standard InChI is InChI=1S/C12H12N2O2/c1-3-12(2)6-4-5-8-9(7-12)14-11(16)10(15)13-8/h3-7H,1H2,2H3,(H,13,15)(H,14,16).